The Labute approximate surface area is 136 Å². The van der Waals surface area contributed by atoms with Crippen molar-refractivity contribution in [3.05, 3.63) is 47.5 Å². The van der Waals surface area contributed by atoms with Gasteiger partial charge in [0.2, 0.25) is 0 Å². The fourth-order valence-corrected chi connectivity index (χ4v) is 3.16. The van der Waals surface area contributed by atoms with E-state index in [2.05, 4.69) is 39.2 Å². The van der Waals surface area contributed by atoms with Crippen molar-refractivity contribution in [1.29, 1.82) is 0 Å². The van der Waals surface area contributed by atoms with Gasteiger partial charge in [0.25, 0.3) is 5.91 Å². The van der Waals surface area contributed by atoms with Gasteiger partial charge >= 0.3 is 0 Å². The number of nitrogens with one attached hydrogen (secondary N) is 2. The number of benzene rings is 1. The van der Waals surface area contributed by atoms with E-state index in [9.17, 15) is 4.79 Å². The zero-order chi connectivity index (χ0) is 16.4. The topological polar surface area (TPSA) is 73.9 Å². The van der Waals surface area contributed by atoms with Gasteiger partial charge in [-0.05, 0) is 39.3 Å². The lowest BCUT2D eigenvalue weighted by atomic mass is 10.1. The molecule has 2 N–H and O–H groups in total. The van der Waals surface area contributed by atoms with Crippen LogP contribution in [-0.4, -0.2) is 44.6 Å². The number of nitrogens with zero attached hydrogens (tertiary/aromatic N) is 3. The monoisotopic (exact) mass is 313 g/mol. The summed E-state index contributed by atoms with van der Waals surface area (Å²) < 4.78 is 0. The number of carbonyl (C=O) groups excluding carboxylic acids is 1. The van der Waals surface area contributed by atoms with E-state index in [0.717, 1.165) is 24.6 Å². The van der Waals surface area contributed by atoms with Crippen LogP contribution in [0.2, 0.25) is 0 Å². The van der Waals surface area contributed by atoms with Crippen LogP contribution in [0, 0.1) is 6.92 Å². The lowest BCUT2D eigenvalue weighted by Crippen LogP contribution is -2.38. The molecule has 6 nitrogen and oxygen atoms in total. The van der Waals surface area contributed by atoms with Crippen LogP contribution >= 0.6 is 0 Å². The molecule has 2 atom stereocenters. The standard InChI is InChI=1S/C17H23N5O/c1-11(2)22-10-14(9-15(22)16-18-12(3)20-21-16)19-17(23)13-7-5-4-6-8-13/h4-8,11,14-15H,9-10H2,1-3H3,(H,19,23)(H,18,20,21). The predicted octanol–water partition coefficient (Wildman–Crippen LogP) is 2.07. The van der Waals surface area contributed by atoms with E-state index in [1.54, 1.807) is 0 Å². The van der Waals surface area contributed by atoms with Gasteiger partial charge in [-0.25, -0.2) is 4.98 Å². The van der Waals surface area contributed by atoms with E-state index < -0.39 is 0 Å². The van der Waals surface area contributed by atoms with Crippen molar-refractivity contribution in [1.82, 2.24) is 25.4 Å². The minimum atomic E-state index is -0.0221. The van der Waals surface area contributed by atoms with Crippen LogP contribution in [0.15, 0.2) is 30.3 Å². The third-order valence-electron chi connectivity index (χ3n) is 4.29. The number of aromatic nitrogens is 3. The molecule has 0 bridgehead atoms. The minimum absolute atomic E-state index is 0.0221. The Morgan fingerprint density at radius 1 is 1.35 bits per heavy atom. The van der Waals surface area contributed by atoms with E-state index in [1.807, 2.05) is 37.3 Å². The second-order valence-electron chi connectivity index (χ2n) is 6.36. The van der Waals surface area contributed by atoms with E-state index in [1.165, 1.54) is 0 Å². The summed E-state index contributed by atoms with van der Waals surface area (Å²) in [6, 6.07) is 9.95. The average Bonchev–Trinajstić information content (AvgIpc) is 3.14. The third kappa shape index (κ3) is 3.42. The average molecular weight is 313 g/mol. The van der Waals surface area contributed by atoms with Crippen LogP contribution in [0.4, 0.5) is 0 Å². The normalized spacial score (nSPS) is 21.7. The van der Waals surface area contributed by atoms with Crippen LogP contribution in [0.25, 0.3) is 0 Å². The number of carbonyl (C=O) groups is 1. The highest BCUT2D eigenvalue weighted by Crippen LogP contribution is 2.32. The molecule has 23 heavy (non-hydrogen) atoms. The maximum atomic E-state index is 12.4. The van der Waals surface area contributed by atoms with E-state index in [-0.39, 0.29) is 18.0 Å². The van der Waals surface area contributed by atoms with Gasteiger partial charge in [0.05, 0.1) is 6.04 Å². The first-order chi connectivity index (χ1) is 11.0. The van der Waals surface area contributed by atoms with Crippen molar-refractivity contribution in [2.45, 2.75) is 45.3 Å². The van der Waals surface area contributed by atoms with Gasteiger partial charge in [0, 0.05) is 24.2 Å². The molecule has 1 aliphatic rings. The molecule has 2 unspecified atom stereocenters. The molecule has 122 valence electrons. The Balaban J connectivity index is 1.72. The molecule has 1 saturated heterocycles. The maximum Gasteiger partial charge on any atom is 0.251 e. The molecule has 1 fully saturated rings. The van der Waals surface area contributed by atoms with Crippen LogP contribution in [0.1, 0.15) is 48.3 Å². The molecule has 1 aromatic heterocycles. The molecule has 0 aliphatic carbocycles. The lowest BCUT2D eigenvalue weighted by molar-refractivity contribution is 0.0936. The van der Waals surface area contributed by atoms with Crippen molar-refractivity contribution >= 4 is 5.91 Å². The van der Waals surface area contributed by atoms with Crippen LogP contribution in [-0.2, 0) is 0 Å². The smallest absolute Gasteiger partial charge is 0.251 e. The fraction of sp³-hybridized carbons (Fsp3) is 0.471. The molecule has 0 radical (unpaired) electrons. The fourth-order valence-electron chi connectivity index (χ4n) is 3.16. The number of aromatic amines is 1. The summed E-state index contributed by atoms with van der Waals surface area (Å²) in [5.74, 6) is 1.61. The van der Waals surface area contributed by atoms with Gasteiger partial charge in [0.15, 0.2) is 5.82 Å². The van der Waals surface area contributed by atoms with Gasteiger partial charge in [-0.2, -0.15) is 5.10 Å². The highest BCUT2D eigenvalue weighted by molar-refractivity contribution is 5.94. The molecule has 1 aliphatic heterocycles. The van der Waals surface area contributed by atoms with E-state index in [4.69, 9.17) is 0 Å². The van der Waals surface area contributed by atoms with Crippen molar-refractivity contribution in [3.63, 3.8) is 0 Å². The number of likely N-dealkylation sites (tertiary alicyclic amines) is 1. The second kappa shape index (κ2) is 6.50. The molecule has 1 aromatic carbocycles. The summed E-state index contributed by atoms with van der Waals surface area (Å²) in [6.07, 6.45) is 0.827. The molecule has 1 amide bonds. The third-order valence-corrected chi connectivity index (χ3v) is 4.29. The van der Waals surface area contributed by atoms with Crippen molar-refractivity contribution in [2.24, 2.45) is 0 Å². The Hall–Kier alpha value is -2.21. The molecule has 0 spiro atoms. The highest BCUT2D eigenvalue weighted by atomic mass is 16.1. The number of rotatable bonds is 4. The summed E-state index contributed by atoms with van der Waals surface area (Å²) in [5, 5.41) is 10.4. The van der Waals surface area contributed by atoms with Gasteiger partial charge < -0.3 is 5.32 Å². The first-order valence-electron chi connectivity index (χ1n) is 8.05. The van der Waals surface area contributed by atoms with Gasteiger partial charge in [0.1, 0.15) is 5.82 Å². The summed E-state index contributed by atoms with van der Waals surface area (Å²) >= 11 is 0. The molecule has 6 heteroatoms. The highest BCUT2D eigenvalue weighted by Gasteiger charge is 2.37. The Morgan fingerprint density at radius 2 is 2.09 bits per heavy atom. The predicted molar refractivity (Wildman–Crippen MR) is 88.0 cm³/mol. The Bertz CT molecular complexity index is 667. The Morgan fingerprint density at radius 3 is 2.70 bits per heavy atom. The van der Waals surface area contributed by atoms with Gasteiger partial charge in [-0.15, -0.1) is 0 Å². The molecule has 2 aromatic rings. The van der Waals surface area contributed by atoms with Crippen LogP contribution < -0.4 is 5.32 Å². The molecule has 2 heterocycles. The molecule has 3 rings (SSSR count). The molecular formula is C17H23N5O. The maximum absolute atomic E-state index is 12.4. The minimum Gasteiger partial charge on any atom is -0.348 e. The number of hydrogen-bond donors (Lipinski definition) is 2. The number of H-pyrrole nitrogens is 1. The number of amides is 1. The zero-order valence-electron chi connectivity index (χ0n) is 13.8. The summed E-state index contributed by atoms with van der Waals surface area (Å²) in [4.78, 5) is 19.2. The summed E-state index contributed by atoms with van der Waals surface area (Å²) in [5.41, 5.74) is 0.695. The van der Waals surface area contributed by atoms with Crippen LogP contribution in [0.3, 0.4) is 0 Å². The zero-order valence-corrected chi connectivity index (χ0v) is 13.8. The number of aryl methyl sites for hydroxylation is 1. The molecular weight excluding hydrogens is 290 g/mol. The van der Waals surface area contributed by atoms with Crippen molar-refractivity contribution < 1.29 is 4.79 Å². The van der Waals surface area contributed by atoms with E-state index >= 15 is 0 Å². The van der Waals surface area contributed by atoms with Gasteiger partial charge in [-0.1, -0.05) is 18.2 Å². The summed E-state index contributed by atoms with van der Waals surface area (Å²) in [6.45, 7) is 7.04. The quantitative estimate of drug-likeness (QED) is 0.906. The SMILES string of the molecule is Cc1nc(C2CC(NC(=O)c3ccccc3)CN2C(C)C)n[nH]1. The lowest BCUT2D eigenvalue weighted by Gasteiger charge is -2.26. The van der Waals surface area contributed by atoms with E-state index in [0.29, 0.717) is 11.6 Å². The van der Waals surface area contributed by atoms with Gasteiger partial charge in [-0.3, -0.25) is 14.8 Å². The second-order valence-corrected chi connectivity index (χ2v) is 6.36. The summed E-state index contributed by atoms with van der Waals surface area (Å²) in [7, 11) is 0. The largest absolute Gasteiger partial charge is 0.348 e. The van der Waals surface area contributed by atoms with Crippen molar-refractivity contribution in [2.75, 3.05) is 6.54 Å². The first-order valence-corrected chi connectivity index (χ1v) is 8.05. The van der Waals surface area contributed by atoms with Crippen LogP contribution in [0.5, 0.6) is 0 Å². The van der Waals surface area contributed by atoms with Crippen molar-refractivity contribution in [3.8, 4) is 0 Å². The molecule has 0 saturated carbocycles. The Kier molecular flexibility index (Phi) is 4.43. The first kappa shape index (κ1) is 15.7. The number of hydrogen-bond acceptors (Lipinski definition) is 4.